The predicted molar refractivity (Wildman–Crippen MR) is 80.5 cm³/mol. The summed E-state index contributed by atoms with van der Waals surface area (Å²) < 4.78 is 0.989. The van der Waals surface area contributed by atoms with Crippen LogP contribution >= 0.6 is 15.9 Å². The molecule has 2 rings (SSSR count). The summed E-state index contributed by atoms with van der Waals surface area (Å²) in [4.78, 5) is 10.2. The van der Waals surface area contributed by atoms with E-state index in [0.717, 1.165) is 10.0 Å². The van der Waals surface area contributed by atoms with Crippen molar-refractivity contribution in [1.29, 1.82) is 0 Å². The molecule has 0 heterocycles. The molecule has 2 aromatic rings. The van der Waals surface area contributed by atoms with Gasteiger partial charge in [0.15, 0.2) is 0 Å². The van der Waals surface area contributed by atoms with Gasteiger partial charge >= 0.3 is 0 Å². The summed E-state index contributed by atoms with van der Waals surface area (Å²) in [5.74, 6) is 0. The van der Waals surface area contributed by atoms with Crippen LogP contribution in [0.3, 0.4) is 0 Å². The molecule has 0 saturated carbocycles. The van der Waals surface area contributed by atoms with Crippen LogP contribution in [0.5, 0.6) is 0 Å². The Morgan fingerprint density at radius 1 is 1.25 bits per heavy atom. The van der Waals surface area contributed by atoms with Gasteiger partial charge in [-0.3, -0.25) is 10.1 Å². The van der Waals surface area contributed by atoms with Gasteiger partial charge in [-0.2, -0.15) is 0 Å². The molecular formula is C14H13BrN2O3. The van der Waals surface area contributed by atoms with E-state index in [1.54, 1.807) is 6.07 Å². The lowest BCUT2D eigenvalue weighted by atomic mass is 10.1. The molecule has 2 N–H and O–H groups in total. The average Bonchev–Trinajstić information content (AvgIpc) is 2.45. The minimum atomic E-state index is -0.475. The molecule has 20 heavy (non-hydrogen) atoms. The molecule has 5 nitrogen and oxygen atoms in total. The number of rotatable bonds is 5. The van der Waals surface area contributed by atoms with Crippen LogP contribution in [0.15, 0.2) is 46.9 Å². The average molecular weight is 337 g/mol. The van der Waals surface area contributed by atoms with Crippen LogP contribution in [0.2, 0.25) is 0 Å². The predicted octanol–water partition coefficient (Wildman–Crippen LogP) is 3.46. The molecule has 0 aliphatic carbocycles. The second kappa shape index (κ2) is 6.49. The summed E-state index contributed by atoms with van der Waals surface area (Å²) >= 11 is 3.40. The first-order valence-electron chi connectivity index (χ1n) is 5.96. The Bertz CT molecular complexity index is 632. The summed E-state index contributed by atoms with van der Waals surface area (Å²) in [5, 5.41) is 23.2. The van der Waals surface area contributed by atoms with Crippen molar-refractivity contribution in [2.45, 2.75) is 13.2 Å². The lowest BCUT2D eigenvalue weighted by molar-refractivity contribution is -0.384. The third kappa shape index (κ3) is 3.55. The first kappa shape index (κ1) is 14.5. The number of nitrogens with one attached hydrogen (secondary N) is 1. The van der Waals surface area contributed by atoms with Crippen molar-refractivity contribution in [3.63, 3.8) is 0 Å². The number of hydrogen-bond donors (Lipinski definition) is 2. The van der Waals surface area contributed by atoms with Crippen LogP contribution in [0.25, 0.3) is 0 Å². The Morgan fingerprint density at radius 3 is 2.70 bits per heavy atom. The molecule has 0 aromatic heterocycles. The maximum absolute atomic E-state index is 10.7. The van der Waals surface area contributed by atoms with Crippen molar-refractivity contribution in [3.8, 4) is 0 Å². The van der Waals surface area contributed by atoms with E-state index in [2.05, 4.69) is 21.2 Å². The van der Waals surface area contributed by atoms with E-state index in [1.807, 2.05) is 24.3 Å². The van der Waals surface area contributed by atoms with Crippen LogP contribution in [0, 0.1) is 10.1 Å². The zero-order valence-electron chi connectivity index (χ0n) is 10.5. The van der Waals surface area contributed by atoms with Gasteiger partial charge < -0.3 is 10.4 Å². The molecule has 0 aliphatic rings. The number of nitrogens with zero attached hydrogens (tertiary/aromatic N) is 1. The number of nitro benzene ring substituents is 1. The standard InChI is InChI=1S/C14H13BrN2O3/c15-12-3-1-2-10(6-12)8-16-14-5-4-13(17(19)20)7-11(14)9-18/h1-7,16,18H,8-9H2. The van der Waals surface area contributed by atoms with Gasteiger partial charge in [0.2, 0.25) is 0 Å². The van der Waals surface area contributed by atoms with Crippen molar-refractivity contribution < 1.29 is 10.0 Å². The molecule has 0 amide bonds. The second-order valence-electron chi connectivity index (χ2n) is 4.24. The fraction of sp³-hybridized carbons (Fsp3) is 0.143. The van der Waals surface area contributed by atoms with Crippen LogP contribution < -0.4 is 5.32 Å². The highest BCUT2D eigenvalue weighted by Crippen LogP contribution is 2.23. The molecule has 6 heteroatoms. The maximum Gasteiger partial charge on any atom is 0.269 e. The van der Waals surface area contributed by atoms with Crippen LogP contribution in [0.1, 0.15) is 11.1 Å². The van der Waals surface area contributed by atoms with Gasteiger partial charge in [0.05, 0.1) is 11.5 Å². The number of non-ortho nitro benzene ring substituents is 1. The normalized spacial score (nSPS) is 10.3. The quantitative estimate of drug-likeness (QED) is 0.647. The summed E-state index contributed by atoms with van der Waals surface area (Å²) in [6.07, 6.45) is 0. The van der Waals surface area contributed by atoms with E-state index >= 15 is 0 Å². The Balaban J connectivity index is 2.15. The van der Waals surface area contributed by atoms with Gasteiger partial charge in [0.25, 0.3) is 5.69 Å². The number of aliphatic hydroxyl groups is 1. The lowest BCUT2D eigenvalue weighted by Crippen LogP contribution is -2.03. The summed E-state index contributed by atoms with van der Waals surface area (Å²) in [6, 6.07) is 12.2. The Kier molecular flexibility index (Phi) is 4.70. The highest BCUT2D eigenvalue weighted by molar-refractivity contribution is 9.10. The SMILES string of the molecule is O=[N+]([O-])c1ccc(NCc2cccc(Br)c2)c(CO)c1. The van der Waals surface area contributed by atoms with Gasteiger partial charge in [-0.05, 0) is 23.8 Å². The van der Waals surface area contributed by atoms with Crippen LogP contribution in [-0.2, 0) is 13.2 Å². The van der Waals surface area contributed by atoms with Crippen molar-refractivity contribution in [3.05, 3.63) is 68.2 Å². The highest BCUT2D eigenvalue weighted by atomic mass is 79.9. The number of nitro groups is 1. The number of halogens is 1. The number of anilines is 1. The van der Waals surface area contributed by atoms with Gasteiger partial charge in [-0.25, -0.2) is 0 Å². The molecule has 0 spiro atoms. The van der Waals surface area contributed by atoms with Crippen molar-refractivity contribution in [2.75, 3.05) is 5.32 Å². The van der Waals surface area contributed by atoms with Gasteiger partial charge in [0, 0.05) is 34.4 Å². The van der Waals surface area contributed by atoms with Gasteiger partial charge in [-0.1, -0.05) is 28.1 Å². The third-order valence-electron chi connectivity index (χ3n) is 2.84. The first-order chi connectivity index (χ1) is 9.60. The van der Waals surface area contributed by atoms with E-state index in [0.29, 0.717) is 17.8 Å². The monoisotopic (exact) mass is 336 g/mol. The second-order valence-corrected chi connectivity index (χ2v) is 5.16. The molecule has 0 radical (unpaired) electrons. The molecular weight excluding hydrogens is 324 g/mol. The molecule has 0 aliphatic heterocycles. The number of aliphatic hydroxyl groups excluding tert-OH is 1. The molecule has 104 valence electrons. The lowest BCUT2D eigenvalue weighted by Gasteiger charge is -2.10. The molecule has 2 aromatic carbocycles. The van der Waals surface area contributed by atoms with E-state index in [4.69, 9.17) is 0 Å². The Labute approximate surface area is 124 Å². The van der Waals surface area contributed by atoms with E-state index in [1.165, 1.54) is 12.1 Å². The Morgan fingerprint density at radius 2 is 2.05 bits per heavy atom. The molecule has 0 saturated heterocycles. The van der Waals surface area contributed by atoms with E-state index in [-0.39, 0.29) is 12.3 Å². The highest BCUT2D eigenvalue weighted by Gasteiger charge is 2.10. The largest absolute Gasteiger partial charge is 0.392 e. The van der Waals surface area contributed by atoms with Crippen molar-refractivity contribution in [2.24, 2.45) is 0 Å². The third-order valence-corrected chi connectivity index (χ3v) is 3.34. The number of benzene rings is 2. The summed E-state index contributed by atoms with van der Waals surface area (Å²) in [5.41, 5.74) is 2.25. The fourth-order valence-corrected chi connectivity index (χ4v) is 2.29. The first-order valence-corrected chi connectivity index (χ1v) is 6.76. The molecule has 0 fully saturated rings. The van der Waals surface area contributed by atoms with E-state index in [9.17, 15) is 15.2 Å². The maximum atomic E-state index is 10.7. The van der Waals surface area contributed by atoms with Crippen LogP contribution in [0.4, 0.5) is 11.4 Å². The zero-order chi connectivity index (χ0) is 14.5. The smallest absolute Gasteiger partial charge is 0.269 e. The van der Waals surface area contributed by atoms with Gasteiger partial charge in [0.1, 0.15) is 0 Å². The van der Waals surface area contributed by atoms with Gasteiger partial charge in [-0.15, -0.1) is 0 Å². The summed E-state index contributed by atoms with van der Waals surface area (Å²) in [7, 11) is 0. The van der Waals surface area contributed by atoms with Crippen molar-refractivity contribution >= 4 is 27.3 Å². The van der Waals surface area contributed by atoms with Crippen LogP contribution in [-0.4, -0.2) is 10.0 Å². The number of hydrogen-bond acceptors (Lipinski definition) is 4. The van der Waals surface area contributed by atoms with E-state index < -0.39 is 4.92 Å². The van der Waals surface area contributed by atoms with Crippen molar-refractivity contribution in [1.82, 2.24) is 0 Å². The minimum Gasteiger partial charge on any atom is -0.392 e. The minimum absolute atomic E-state index is 0.0259. The molecule has 0 unspecified atom stereocenters. The summed E-state index contributed by atoms with van der Waals surface area (Å²) in [6.45, 7) is 0.326. The topological polar surface area (TPSA) is 75.4 Å². The zero-order valence-corrected chi connectivity index (χ0v) is 12.1. The Hall–Kier alpha value is -1.92. The molecule has 0 bridgehead atoms. The fourth-order valence-electron chi connectivity index (χ4n) is 1.84. The molecule has 0 atom stereocenters.